The number of amides is 2. The van der Waals surface area contributed by atoms with Crippen LogP contribution < -0.4 is 16.0 Å². The lowest BCUT2D eigenvalue weighted by Gasteiger charge is -2.22. The van der Waals surface area contributed by atoms with Crippen molar-refractivity contribution < 1.29 is 18.7 Å². The number of hydrogen-bond donors (Lipinski definition) is 3. The van der Waals surface area contributed by atoms with Crippen LogP contribution in [0.1, 0.15) is 27.7 Å². The average Bonchev–Trinajstić information content (AvgIpc) is 2.56. The first-order valence-corrected chi connectivity index (χ1v) is 8.42. The van der Waals surface area contributed by atoms with Gasteiger partial charge in [0.2, 0.25) is 5.91 Å². The van der Waals surface area contributed by atoms with Crippen LogP contribution in [0.4, 0.5) is 26.4 Å². The van der Waals surface area contributed by atoms with E-state index in [1.54, 1.807) is 20.8 Å². The van der Waals surface area contributed by atoms with Crippen LogP contribution >= 0.6 is 0 Å². The Labute approximate surface area is 157 Å². The van der Waals surface area contributed by atoms with Crippen LogP contribution in [-0.2, 0) is 9.53 Å². The molecule has 0 saturated heterocycles. The highest BCUT2D eigenvalue weighted by Gasteiger charge is 2.22. The Hall–Kier alpha value is -3.16. The van der Waals surface area contributed by atoms with E-state index < -0.39 is 29.5 Å². The summed E-state index contributed by atoms with van der Waals surface area (Å²) in [5.74, 6) is -0.860. The summed E-state index contributed by atoms with van der Waals surface area (Å²) in [6.45, 7) is 6.65. The highest BCUT2D eigenvalue weighted by Crippen LogP contribution is 2.24. The molecule has 144 valence electrons. The second-order valence-corrected chi connectivity index (χ2v) is 6.90. The lowest BCUT2D eigenvalue weighted by Crippen LogP contribution is -2.44. The maximum Gasteiger partial charge on any atom is 0.408 e. The van der Waals surface area contributed by atoms with Crippen molar-refractivity contribution >= 4 is 29.2 Å². The van der Waals surface area contributed by atoms with E-state index in [2.05, 4.69) is 20.9 Å². The van der Waals surface area contributed by atoms with E-state index in [1.807, 2.05) is 30.3 Å². The summed E-state index contributed by atoms with van der Waals surface area (Å²) in [5.41, 5.74) is 0.202. The van der Waals surface area contributed by atoms with Crippen molar-refractivity contribution in [1.82, 2.24) is 10.3 Å². The quantitative estimate of drug-likeness (QED) is 0.740. The summed E-state index contributed by atoms with van der Waals surface area (Å²) >= 11 is 0. The van der Waals surface area contributed by atoms with Crippen molar-refractivity contribution in [2.24, 2.45) is 0 Å². The van der Waals surface area contributed by atoms with Gasteiger partial charge in [0.05, 0.1) is 11.9 Å². The third-order valence-corrected chi connectivity index (χ3v) is 3.28. The van der Waals surface area contributed by atoms with Crippen molar-refractivity contribution in [3.63, 3.8) is 0 Å². The summed E-state index contributed by atoms with van der Waals surface area (Å²) in [5, 5.41) is 8.01. The Balaban J connectivity index is 2.08. The number of carbonyl (C=O) groups excluding carboxylic acids is 2. The minimum Gasteiger partial charge on any atom is -0.444 e. The predicted molar refractivity (Wildman–Crippen MR) is 101 cm³/mol. The first-order chi connectivity index (χ1) is 12.6. The van der Waals surface area contributed by atoms with Crippen molar-refractivity contribution in [1.29, 1.82) is 0 Å². The molecule has 2 rings (SSSR count). The minimum atomic E-state index is -0.896. The van der Waals surface area contributed by atoms with Crippen LogP contribution in [0.15, 0.2) is 42.6 Å². The van der Waals surface area contributed by atoms with Crippen LogP contribution in [0.25, 0.3) is 0 Å². The molecule has 0 aliphatic rings. The first-order valence-electron chi connectivity index (χ1n) is 8.42. The van der Waals surface area contributed by atoms with Crippen LogP contribution in [0.5, 0.6) is 0 Å². The van der Waals surface area contributed by atoms with Crippen LogP contribution in [-0.4, -0.2) is 28.6 Å². The lowest BCUT2D eigenvalue weighted by atomic mass is 10.2. The summed E-state index contributed by atoms with van der Waals surface area (Å²) in [7, 11) is 0. The molecule has 1 atom stereocenters. The molecule has 0 saturated carbocycles. The monoisotopic (exact) mass is 374 g/mol. The van der Waals surface area contributed by atoms with Crippen LogP contribution in [0, 0.1) is 5.82 Å². The molecule has 0 spiro atoms. The van der Waals surface area contributed by atoms with E-state index in [-0.39, 0.29) is 11.5 Å². The van der Waals surface area contributed by atoms with Gasteiger partial charge in [0, 0.05) is 11.8 Å². The smallest absolute Gasteiger partial charge is 0.408 e. The number of alkyl carbamates (subject to hydrolysis) is 1. The maximum absolute atomic E-state index is 13.6. The molecule has 0 aliphatic carbocycles. The number of pyridine rings is 1. The molecule has 27 heavy (non-hydrogen) atoms. The van der Waals surface area contributed by atoms with E-state index in [9.17, 15) is 14.0 Å². The number of para-hydroxylation sites is 1. The second kappa shape index (κ2) is 8.48. The van der Waals surface area contributed by atoms with Gasteiger partial charge in [0.1, 0.15) is 17.5 Å². The average molecular weight is 374 g/mol. The molecule has 1 heterocycles. The highest BCUT2D eigenvalue weighted by molar-refractivity contribution is 5.98. The van der Waals surface area contributed by atoms with E-state index >= 15 is 0 Å². The number of hydrogen-bond acceptors (Lipinski definition) is 5. The summed E-state index contributed by atoms with van der Waals surface area (Å²) in [6, 6.07) is 9.39. The van der Waals surface area contributed by atoms with Gasteiger partial charge in [-0.3, -0.25) is 4.79 Å². The largest absolute Gasteiger partial charge is 0.444 e. The fourth-order valence-electron chi connectivity index (χ4n) is 2.08. The lowest BCUT2D eigenvalue weighted by molar-refractivity contribution is -0.117. The Morgan fingerprint density at radius 2 is 1.85 bits per heavy atom. The summed E-state index contributed by atoms with van der Waals surface area (Å²) in [6.07, 6.45) is 0.327. The topological polar surface area (TPSA) is 92.3 Å². The molecule has 0 fully saturated rings. The molecule has 2 aromatic rings. The van der Waals surface area contributed by atoms with Crippen molar-refractivity contribution in [2.75, 3.05) is 10.6 Å². The summed E-state index contributed by atoms with van der Waals surface area (Å²) < 4.78 is 18.7. The number of nitrogens with zero attached hydrogens (tertiary/aromatic N) is 1. The molecular formula is C19H23FN4O3. The van der Waals surface area contributed by atoms with Gasteiger partial charge in [-0.2, -0.15) is 0 Å². The van der Waals surface area contributed by atoms with E-state index in [1.165, 1.54) is 6.92 Å². The van der Waals surface area contributed by atoms with E-state index in [0.29, 0.717) is 0 Å². The number of halogens is 1. The molecule has 0 radical (unpaired) electrons. The van der Waals surface area contributed by atoms with Gasteiger partial charge in [-0.1, -0.05) is 18.2 Å². The first kappa shape index (κ1) is 20.2. The fraction of sp³-hybridized carbons (Fsp3) is 0.316. The summed E-state index contributed by atoms with van der Waals surface area (Å²) in [4.78, 5) is 28.1. The number of anilines is 3. The standard InChI is InChI=1S/C19H23FN4O3/c1-12(22-18(26)27-19(2,3)4)17(25)24-15-10-13(20)11-21-16(15)23-14-8-6-5-7-9-14/h5-12H,1-4H3,(H,21,23)(H,22,26)(H,24,25). The number of carbonyl (C=O) groups is 2. The predicted octanol–water partition coefficient (Wildman–Crippen LogP) is 3.82. The molecule has 0 bridgehead atoms. The molecule has 7 nitrogen and oxygen atoms in total. The maximum atomic E-state index is 13.6. The molecule has 1 aromatic heterocycles. The molecule has 1 unspecified atom stereocenters. The normalized spacial score (nSPS) is 12.0. The Morgan fingerprint density at radius 1 is 1.19 bits per heavy atom. The molecular weight excluding hydrogens is 351 g/mol. The van der Waals surface area contributed by atoms with Gasteiger partial charge < -0.3 is 20.7 Å². The number of benzene rings is 1. The van der Waals surface area contributed by atoms with Gasteiger partial charge >= 0.3 is 6.09 Å². The molecule has 2 amide bonds. The molecule has 1 aromatic carbocycles. The molecule has 8 heteroatoms. The molecule has 3 N–H and O–H groups in total. The van der Waals surface area contributed by atoms with Gasteiger partial charge in [-0.15, -0.1) is 0 Å². The zero-order valence-electron chi connectivity index (χ0n) is 15.7. The van der Waals surface area contributed by atoms with Gasteiger partial charge in [-0.25, -0.2) is 14.2 Å². The number of ether oxygens (including phenoxy) is 1. The van der Waals surface area contributed by atoms with Crippen LogP contribution in [0.2, 0.25) is 0 Å². The number of aromatic nitrogens is 1. The second-order valence-electron chi connectivity index (χ2n) is 6.90. The zero-order chi connectivity index (χ0) is 20.0. The third-order valence-electron chi connectivity index (χ3n) is 3.28. The zero-order valence-corrected chi connectivity index (χ0v) is 15.7. The fourth-order valence-corrected chi connectivity index (χ4v) is 2.08. The van der Waals surface area contributed by atoms with E-state index in [0.717, 1.165) is 18.0 Å². The van der Waals surface area contributed by atoms with Crippen molar-refractivity contribution in [3.05, 3.63) is 48.4 Å². The van der Waals surface area contributed by atoms with Gasteiger partial charge in [-0.05, 0) is 39.8 Å². The minimum absolute atomic E-state index is 0.154. The van der Waals surface area contributed by atoms with Crippen LogP contribution in [0.3, 0.4) is 0 Å². The van der Waals surface area contributed by atoms with Crippen molar-refractivity contribution in [2.45, 2.75) is 39.3 Å². The molecule has 0 aliphatic heterocycles. The number of rotatable bonds is 5. The van der Waals surface area contributed by atoms with Gasteiger partial charge in [0.25, 0.3) is 0 Å². The Morgan fingerprint density at radius 3 is 2.48 bits per heavy atom. The Bertz CT molecular complexity index is 806. The van der Waals surface area contributed by atoms with Crippen molar-refractivity contribution in [3.8, 4) is 0 Å². The van der Waals surface area contributed by atoms with E-state index in [4.69, 9.17) is 4.74 Å². The number of nitrogens with one attached hydrogen (secondary N) is 3. The highest BCUT2D eigenvalue weighted by atomic mass is 19.1. The van der Waals surface area contributed by atoms with Gasteiger partial charge in [0.15, 0.2) is 5.82 Å². The Kier molecular flexibility index (Phi) is 6.33. The third kappa shape index (κ3) is 6.58. The SMILES string of the molecule is CC(NC(=O)OC(C)(C)C)C(=O)Nc1cc(F)cnc1Nc1ccccc1.